The SMILES string of the molecule is CCCn1cc(C(CCOc2ccccc2)NC)cn1. The van der Waals surface area contributed by atoms with Gasteiger partial charge in [0, 0.05) is 30.8 Å². The van der Waals surface area contributed by atoms with Crippen LogP contribution in [0.15, 0.2) is 42.7 Å². The first kappa shape index (κ1) is 14.6. The topological polar surface area (TPSA) is 39.1 Å². The average molecular weight is 273 g/mol. The zero-order valence-electron chi connectivity index (χ0n) is 12.2. The fourth-order valence-corrected chi connectivity index (χ4v) is 2.20. The van der Waals surface area contributed by atoms with Crippen molar-refractivity contribution in [2.75, 3.05) is 13.7 Å². The van der Waals surface area contributed by atoms with Gasteiger partial charge in [-0.15, -0.1) is 0 Å². The second-order valence-electron chi connectivity index (χ2n) is 4.83. The van der Waals surface area contributed by atoms with Crippen LogP contribution in [0.2, 0.25) is 0 Å². The van der Waals surface area contributed by atoms with E-state index in [1.54, 1.807) is 0 Å². The van der Waals surface area contributed by atoms with Gasteiger partial charge < -0.3 is 10.1 Å². The fraction of sp³-hybridized carbons (Fsp3) is 0.438. The van der Waals surface area contributed by atoms with E-state index in [1.807, 2.05) is 48.3 Å². The van der Waals surface area contributed by atoms with Gasteiger partial charge in [-0.25, -0.2) is 0 Å². The van der Waals surface area contributed by atoms with Crippen LogP contribution in [0.4, 0.5) is 0 Å². The van der Waals surface area contributed by atoms with Crippen molar-refractivity contribution in [3.05, 3.63) is 48.3 Å². The Morgan fingerprint density at radius 3 is 2.80 bits per heavy atom. The second-order valence-corrected chi connectivity index (χ2v) is 4.83. The van der Waals surface area contributed by atoms with Crippen molar-refractivity contribution >= 4 is 0 Å². The highest BCUT2D eigenvalue weighted by Gasteiger charge is 2.11. The lowest BCUT2D eigenvalue weighted by Crippen LogP contribution is -2.18. The van der Waals surface area contributed by atoms with Gasteiger partial charge in [0.25, 0.3) is 0 Å². The summed E-state index contributed by atoms with van der Waals surface area (Å²) in [4.78, 5) is 0. The molecule has 0 bridgehead atoms. The van der Waals surface area contributed by atoms with Crippen molar-refractivity contribution in [1.29, 1.82) is 0 Å². The van der Waals surface area contributed by atoms with Gasteiger partial charge in [-0.3, -0.25) is 4.68 Å². The maximum Gasteiger partial charge on any atom is 0.119 e. The second kappa shape index (κ2) is 7.70. The monoisotopic (exact) mass is 273 g/mol. The lowest BCUT2D eigenvalue weighted by atomic mass is 10.1. The molecule has 1 aromatic heterocycles. The van der Waals surface area contributed by atoms with Crippen LogP contribution in [0.25, 0.3) is 0 Å². The van der Waals surface area contributed by atoms with Crippen LogP contribution in [0, 0.1) is 0 Å². The normalized spacial score (nSPS) is 12.3. The number of nitrogens with zero attached hydrogens (tertiary/aromatic N) is 2. The smallest absolute Gasteiger partial charge is 0.119 e. The van der Waals surface area contributed by atoms with Crippen molar-refractivity contribution in [3.63, 3.8) is 0 Å². The van der Waals surface area contributed by atoms with Crippen LogP contribution >= 0.6 is 0 Å². The Kier molecular flexibility index (Phi) is 5.62. The molecule has 0 amide bonds. The molecule has 0 radical (unpaired) electrons. The summed E-state index contributed by atoms with van der Waals surface area (Å²) in [7, 11) is 1.98. The number of ether oxygens (including phenoxy) is 1. The minimum absolute atomic E-state index is 0.282. The van der Waals surface area contributed by atoms with Crippen molar-refractivity contribution in [1.82, 2.24) is 15.1 Å². The van der Waals surface area contributed by atoms with E-state index in [-0.39, 0.29) is 6.04 Å². The zero-order chi connectivity index (χ0) is 14.2. The number of hydrogen-bond acceptors (Lipinski definition) is 3. The van der Waals surface area contributed by atoms with Crippen LogP contribution in [0.1, 0.15) is 31.4 Å². The molecule has 20 heavy (non-hydrogen) atoms. The van der Waals surface area contributed by atoms with Crippen LogP contribution in [0.3, 0.4) is 0 Å². The van der Waals surface area contributed by atoms with Gasteiger partial charge in [0.15, 0.2) is 0 Å². The lowest BCUT2D eigenvalue weighted by molar-refractivity contribution is 0.290. The molecule has 0 aliphatic rings. The minimum atomic E-state index is 0.282. The summed E-state index contributed by atoms with van der Waals surface area (Å²) < 4.78 is 7.74. The molecular formula is C16H23N3O. The van der Waals surface area contributed by atoms with Crippen molar-refractivity contribution in [3.8, 4) is 5.75 Å². The standard InChI is InChI=1S/C16H23N3O/c1-3-10-19-13-14(12-18-19)16(17-2)9-11-20-15-7-5-4-6-8-15/h4-8,12-13,16-17H,3,9-11H2,1-2H3. The van der Waals surface area contributed by atoms with Crippen molar-refractivity contribution < 1.29 is 4.74 Å². The van der Waals surface area contributed by atoms with Gasteiger partial charge in [0.2, 0.25) is 0 Å². The van der Waals surface area contributed by atoms with Gasteiger partial charge in [0.1, 0.15) is 5.75 Å². The molecule has 0 aliphatic heterocycles. The minimum Gasteiger partial charge on any atom is -0.494 e. The molecule has 0 saturated carbocycles. The first-order valence-corrected chi connectivity index (χ1v) is 7.21. The highest BCUT2D eigenvalue weighted by atomic mass is 16.5. The zero-order valence-corrected chi connectivity index (χ0v) is 12.2. The molecule has 0 spiro atoms. The molecule has 0 aliphatic carbocycles. The molecule has 4 heteroatoms. The predicted molar refractivity (Wildman–Crippen MR) is 80.9 cm³/mol. The molecule has 108 valence electrons. The van der Waals surface area contributed by atoms with E-state index in [2.05, 4.69) is 23.5 Å². The summed E-state index contributed by atoms with van der Waals surface area (Å²) in [5, 5.41) is 7.70. The molecule has 0 saturated heterocycles. The van der Waals surface area contributed by atoms with Crippen molar-refractivity contribution in [2.24, 2.45) is 0 Å². The van der Waals surface area contributed by atoms with E-state index < -0.39 is 0 Å². The molecule has 1 unspecified atom stereocenters. The number of benzene rings is 1. The van der Waals surface area contributed by atoms with Crippen molar-refractivity contribution in [2.45, 2.75) is 32.4 Å². The van der Waals surface area contributed by atoms with Gasteiger partial charge in [-0.1, -0.05) is 25.1 Å². The quantitative estimate of drug-likeness (QED) is 0.803. The maximum atomic E-state index is 5.75. The van der Waals surface area contributed by atoms with E-state index >= 15 is 0 Å². The van der Waals surface area contributed by atoms with E-state index in [0.717, 1.165) is 25.1 Å². The third-order valence-electron chi connectivity index (χ3n) is 3.28. The van der Waals surface area contributed by atoms with E-state index in [9.17, 15) is 0 Å². The molecule has 2 rings (SSSR count). The summed E-state index contributed by atoms with van der Waals surface area (Å²) in [6.07, 6.45) is 6.08. The van der Waals surface area contributed by atoms with Gasteiger partial charge >= 0.3 is 0 Å². The largest absolute Gasteiger partial charge is 0.494 e. The number of nitrogens with one attached hydrogen (secondary N) is 1. The highest BCUT2D eigenvalue weighted by molar-refractivity contribution is 5.21. The van der Waals surface area contributed by atoms with E-state index in [4.69, 9.17) is 4.74 Å². The summed E-state index contributed by atoms with van der Waals surface area (Å²) in [5.74, 6) is 0.920. The molecule has 0 fully saturated rings. The summed E-state index contributed by atoms with van der Waals surface area (Å²) in [6, 6.07) is 10.2. The van der Waals surface area contributed by atoms with Gasteiger partial charge in [0.05, 0.1) is 12.8 Å². The Morgan fingerprint density at radius 1 is 1.30 bits per heavy atom. The van der Waals surface area contributed by atoms with Crippen LogP contribution in [-0.2, 0) is 6.54 Å². The predicted octanol–water partition coefficient (Wildman–Crippen LogP) is 3.02. The third kappa shape index (κ3) is 4.10. The lowest BCUT2D eigenvalue weighted by Gasteiger charge is -2.15. The highest BCUT2D eigenvalue weighted by Crippen LogP contribution is 2.17. The average Bonchev–Trinajstić information content (AvgIpc) is 2.94. The Labute approximate surface area is 120 Å². The van der Waals surface area contributed by atoms with E-state index in [0.29, 0.717) is 6.61 Å². The Bertz CT molecular complexity index is 495. The Balaban J connectivity index is 1.85. The van der Waals surface area contributed by atoms with Gasteiger partial charge in [-0.05, 0) is 25.6 Å². The first-order valence-electron chi connectivity index (χ1n) is 7.21. The Morgan fingerprint density at radius 2 is 2.10 bits per heavy atom. The van der Waals surface area contributed by atoms with Crippen LogP contribution in [-0.4, -0.2) is 23.4 Å². The number of aromatic nitrogens is 2. The molecule has 1 N–H and O–H groups in total. The van der Waals surface area contributed by atoms with Gasteiger partial charge in [-0.2, -0.15) is 5.10 Å². The molecule has 1 heterocycles. The molecular weight excluding hydrogens is 250 g/mol. The molecule has 4 nitrogen and oxygen atoms in total. The summed E-state index contributed by atoms with van der Waals surface area (Å²) in [6.45, 7) is 3.82. The summed E-state index contributed by atoms with van der Waals surface area (Å²) >= 11 is 0. The van der Waals surface area contributed by atoms with E-state index in [1.165, 1.54) is 5.56 Å². The summed E-state index contributed by atoms with van der Waals surface area (Å²) in [5.41, 5.74) is 1.22. The molecule has 2 aromatic rings. The fourth-order valence-electron chi connectivity index (χ4n) is 2.20. The number of rotatable bonds is 8. The molecule has 1 aromatic carbocycles. The number of hydrogen-bond donors (Lipinski definition) is 1. The maximum absolute atomic E-state index is 5.75. The molecule has 1 atom stereocenters. The first-order chi connectivity index (χ1) is 9.83. The number of aryl methyl sites for hydroxylation is 1. The van der Waals surface area contributed by atoms with Crippen LogP contribution < -0.4 is 10.1 Å². The van der Waals surface area contributed by atoms with Crippen LogP contribution in [0.5, 0.6) is 5.75 Å². The number of para-hydroxylation sites is 1. The Hall–Kier alpha value is -1.81. The third-order valence-corrected chi connectivity index (χ3v) is 3.28.